The van der Waals surface area contributed by atoms with E-state index in [-0.39, 0.29) is 5.54 Å². The van der Waals surface area contributed by atoms with Gasteiger partial charge >= 0.3 is 0 Å². The molecular formula is C17H22N2. The number of rotatable bonds is 3. The predicted molar refractivity (Wildman–Crippen MR) is 79.5 cm³/mol. The molecule has 0 spiro atoms. The van der Waals surface area contributed by atoms with Gasteiger partial charge in [-0.15, -0.1) is 0 Å². The Labute approximate surface area is 115 Å². The van der Waals surface area contributed by atoms with E-state index in [4.69, 9.17) is 5.73 Å². The van der Waals surface area contributed by atoms with Gasteiger partial charge in [0, 0.05) is 24.5 Å². The first kappa shape index (κ1) is 12.6. The number of benzene rings is 1. The van der Waals surface area contributed by atoms with Crippen LogP contribution >= 0.6 is 0 Å². The van der Waals surface area contributed by atoms with Crippen LogP contribution in [0.1, 0.15) is 24.5 Å². The van der Waals surface area contributed by atoms with E-state index in [0.29, 0.717) is 12.5 Å². The van der Waals surface area contributed by atoms with Gasteiger partial charge in [-0.05, 0) is 31.0 Å². The summed E-state index contributed by atoms with van der Waals surface area (Å²) in [7, 11) is 0. The fraction of sp³-hybridized carbons (Fsp3) is 0.412. The Balaban J connectivity index is 1.76. The van der Waals surface area contributed by atoms with E-state index in [1.54, 1.807) is 0 Å². The first-order valence-electron chi connectivity index (χ1n) is 7.11. The first-order valence-corrected chi connectivity index (χ1v) is 7.11. The van der Waals surface area contributed by atoms with Crippen LogP contribution in [0.2, 0.25) is 0 Å². The van der Waals surface area contributed by atoms with Crippen molar-refractivity contribution >= 4 is 0 Å². The average molecular weight is 254 g/mol. The van der Waals surface area contributed by atoms with Crippen LogP contribution in [0.5, 0.6) is 0 Å². The van der Waals surface area contributed by atoms with Gasteiger partial charge in [0.05, 0.1) is 0 Å². The maximum atomic E-state index is 5.64. The van der Waals surface area contributed by atoms with Gasteiger partial charge in [0.2, 0.25) is 0 Å². The van der Waals surface area contributed by atoms with Crippen molar-refractivity contribution in [2.24, 2.45) is 11.7 Å². The van der Waals surface area contributed by atoms with Crippen molar-refractivity contribution in [1.82, 2.24) is 4.90 Å². The number of likely N-dealkylation sites (tertiary alicyclic amines) is 1. The smallest absolute Gasteiger partial charge is 0.0432 e. The van der Waals surface area contributed by atoms with Crippen molar-refractivity contribution in [3.63, 3.8) is 0 Å². The van der Waals surface area contributed by atoms with Gasteiger partial charge in [0.25, 0.3) is 0 Å². The number of fused-ring (bicyclic) bond motifs is 1. The normalized spacial score (nSPS) is 29.7. The van der Waals surface area contributed by atoms with E-state index >= 15 is 0 Å². The maximum absolute atomic E-state index is 5.64. The van der Waals surface area contributed by atoms with Crippen LogP contribution in [-0.2, 0) is 13.1 Å². The van der Waals surface area contributed by atoms with Crippen LogP contribution in [0.25, 0.3) is 0 Å². The number of allylic oxidation sites excluding steroid dienone is 2. The molecule has 1 aliphatic carbocycles. The second kappa shape index (κ2) is 4.95. The number of hydrogen-bond donors (Lipinski definition) is 1. The highest BCUT2D eigenvalue weighted by Crippen LogP contribution is 2.39. The summed E-state index contributed by atoms with van der Waals surface area (Å²) >= 11 is 0. The first-order chi connectivity index (χ1) is 9.22. The van der Waals surface area contributed by atoms with Crippen LogP contribution in [0.15, 0.2) is 48.6 Å². The average Bonchev–Trinajstić information content (AvgIpc) is 2.77. The van der Waals surface area contributed by atoms with E-state index in [1.807, 2.05) is 0 Å². The highest BCUT2D eigenvalue weighted by Gasteiger charge is 2.42. The molecule has 1 saturated heterocycles. The molecule has 1 aliphatic heterocycles. The monoisotopic (exact) mass is 254 g/mol. The van der Waals surface area contributed by atoms with Crippen molar-refractivity contribution in [2.45, 2.75) is 32.0 Å². The minimum atomic E-state index is 0.196. The van der Waals surface area contributed by atoms with Gasteiger partial charge < -0.3 is 5.73 Å². The zero-order valence-electron chi connectivity index (χ0n) is 11.5. The Kier molecular flexibility index (Phi) is 3.29. The summed E-state index contributed by atoms with van der Waals surface area (Å²) in [5.41, 5.74) is 8.42. The minimum absolute atomic E-state index is 0.196. The van der Waals surface area contributed by atoms with Gasteiger partial charge in [-0.25, -0.2) is 0 Å². The van der Waals surface area contributed by atoms with Crippen molar-refractivity contribution in [3.8, 4) is 0 Å². The molecular weight excluding hydrogens is 232 g/mol. The Bertz CT molecular complexity index is 500. The van der Waals surface area contributed by atoms with E-state index < -0.39 is 0 Å². The number of hydrogen-bond acceptors (Lipinski definition) is 2. The lowest BCUT2D eigenvalue weighted by Gasteiger charge is -2.37. The summed E-state index contributed by atoms with van der Waals surface area (Å²) < 4.78 is 0. The fourth-order valence-electron chi connectivity index (χ4n) is 3.28. The lowest BCUT2D eigenvalue weighted by atomic mass is 9.83. The second-order valence-corrected chi connectivity index (χ2v) is 5.81. The number of nitrogens with zero attached hydrogens (tertiary/aromatic N) is 1. The Morgan fingerprint density at radius 3 is 2.68 bits per heavy atom. The molecule has 1 aromatic carbocycles. The molecule has 2 heteroatoms. The molecule has 1 fully saturated rings. The maximum Gasteiger partial charge on any atom is 0.0432 e. The molecule has 1 aromatic rings. The summed E-state index contributed by atoms with van der Waals surface area (Å²) in [6.07, 6.45) is 10.4. The molecule has 3 rings (SSSR count). The predicted octanol–water partition coefficient (Wildman–Crippen LogP) is 2.85. The van der Waals surface area contributed by atoms with E-state index in [2.05, 4.69) is 60.4 Å². The van der Waals surface area contributed by atoms with Crippen LogP contribution in [0.3, 0.4) is 0 Å². The van der Waals surface area contributed by atoms with Crippen molar-refractivity contribution < 1.29 is 0 Å². The molecule has 2 aliphatic rings. The third-order valence-electron chi connectivity index (χ3n) is 4.66. The Morgan fingerprint density at radius 2 is 1.95 bits per heavy atom. The van der Waals surface area contributed by atoms with Gasteiger partial charge in [-0.2, -0.15) is 0 Å². The summed E-state index contributed by atoms with van der Waals surface area (Å²) in [6.45, 7) is 5.18. The zero-order chi connectivity index (χ0) is 13.3. The highest BCUT2D eigenvalue weighted by atomic mass is 15.2. The Hall–Kier alpha value is -1.38. The van der Waals surface area contributed by atoms with Crippen molar-refractivity contribution in [2.75, 3.05) is 6.54 Å². The molecule has 0 saturated carbocycles. The highest BCUT2D eigenvalue weighted by molar-refractivity contribution is 5.28. The molecule has 1 heterocycles. The largest absolute Gasteiger partial charge is 0.326 e. The van der Waals surface area contributed by atoms with E-state index in [1.165, 1.54) is 24.1 Å². The van der Waals surface area contributed by atoms with Crippen LogP contribution in [-0.4, -0.2) is 17.0 Å². The number of nitrogens with two attached hydrogens (primary N) is 1. The van der Waals surface area contributed by atoms with Crippen LogP contribution < -0.4 is 5.73 Å². The molecule has 19 heavy (non-hydrogen) atoms. The molecule has 0 radical (unpaired) electrons. The standard InChI is InChI=1S/C17H22N2/c1-17-10-3-2-4-16(17)9-11-19(17)13-15-7-5-14(12-18)6-8-15/h2-8,10,16H,9,11-13,18H2,1H3. The summed E-state index contributed by atoms with van der Waals surface area (Å²) in [5.74, 6) is 0.667. The SMILES string of the molecule is CC12C=CC=CC1CCN2Cc1ccc(CN)cc1. The molecule has 100 valence electrons. The molecule has 2 atom stereocenters. The molecule has 2 nitrogen and oxygen atoms in total. The lowest BCUT2D eigenvalue weighted by Crippen LogP contribution is -2.43. The van der Waals surface area contributed by atoms with E-state index in [9.17, 15) is 0 Å². The van der Waals surface area contributed by atoms with Gasteiger partial charge in [-0.3, -0.25) is 4.90 Å². The van der Waals surface area contributed by atoms with Gasteiger partial charge in [-0.1, -0.05) is 48.6 Å². The van der Waals surface area contributed by atoms with Crippen LogP contribution in [0.4, 0.5) is 0 Å². The topological polar surface area (TPSA) is 29.3 Å². The second-order valence-electron chi connectivity index (χ2n) is 5.81. The zero-order valence-corrected chi connectivity index (χ0v) is 11.5. The van der Waals surface area contributed by atoms with Crippen LogP contribution in [0, 0.1) is 5.92 Å². The fourth-order valence-corrected chi connectivity index (χ4v) is 3.28. The molecule has 0 amide bonds. The lowest BCUT2D eigenvalue weighted by molar-refractivity contribution is 0.173. The third kappa shape index (κ3) is 2.26. The van der Waals surface area contributed by atoms with E-state index in [0.717, 1.165) is 6.54 Å². The van der Waals surface area contributed by atoms with Crippen molar-refractivity contribution in [3.05, 3.63) is 59.7 Å². The van der Waals surface area contributed by atoms with Gasteiger partial charge in [0.15, 0.2) is 0 Å². The summed E-state index contributed by atoms with van der Waals surface area (Å²) in [5, 5.41) is 0. The van der Waals surface area contributed by atoms with Gasteiger partial charge in [0.1, 0.15) is 0 Å². The van der Waals surface area contributed by atoms with Crippen molar-refractivity contribution in [1.29, 1.82) is 0 Å². The third-order valence-corrected chi connectivity index (χ3v) is 4.66. The quantitative estimate of drug-likeness (QED) is 0.898. The molecule has 0 bridgehead atoms. The summed E-state index contributed by atoms with van der Waals surface area (Å²) in [4.78, 5) is 2.59. The molecule has 2 N–H and O–H groups in total. The molecule has 2 unspecified atom stereocenters. The Morgan fingerprint density at radius 1 is 1.21 bits per heavy atom. The minimum Gasteiger partial charge on any atom is -0.326 e. The summed E-state index contributed by atoms with van der Waals surface area (Å²) in [6, 6.07) is 8.70. The molecule has 0 aromatic heterocycles.